The van der Waals surface area contributed by atoms with Gasteiger partial charge in [0.25, 0.3) is 0 Å². The zero-order valence-electron chi connectivity index (χ0n) is 24.0. The van der Waals surface area contributed by atoms with E-state index in [1.54, 1.807) is 6.08 Å². The normalized spacial score (nSPS) is 24.0. The summed E-state index contributed by atoms with van der Waals surface area (Å²) in [4.78, 5) is 12.1. The Morgan fingerprint density at radius 2 is 2.07 bits per heavy atom. The molecule has 4 bridgehead atoms. The lowest BCUT2D eigenvalue weighted by Crippen LogP contribution is -2.51. The first-order valence-corrected chi connectivity index (χ1v) is 15.5. The summed E-state index contributed by atoms with van der Waals surface area (Å²) >= 11 is 7.06. The van der Waals surface area contributed by atoms with Gasteiger partial charge in [-0.15, -0.1) is 12.3 Å². The van der Waals surface area contributed by atoms with Crippen molar-refractivity contribution in [2.75, 3.05) is 44.4 Å². The Labute approximate surface area is 256 Å². The van der Waals surface area contributed by atoms with Gasteiger partial charge in [0.2, 0.25) is 0 Å². The minimum Gasteiger partial charge on any atom is -0.463 e. The highest BCUT2D eigenvalue weighted by atomic mass is 35.5. The van der Waals surface area contributed by atoms with Gasteiger partial charge in [-0.2, -0.15) is 9.97 Å². The molecule has 1 aromatic heterocycles. The van der Waals surface area contributed by atoms with E-state index in [0.29, 0.717) is 60.0 Å². The molecule has 4 aliphatic rings. The second-order valence-electron chi connectivity index (χ2n) is 11.7. The summed E-state index contributed by atoms with van der Waals surface area (Å²) in [5.74, 6) is 3.50. The number of allylic oxidation sites excluding steroid dienone is 1. The fraction of sp³-hybridized carbons (Fsp3) is 0.412. The Morgan fingerprint density at radius 3 is 2.86 bits per heavy atom. The van der Waals surface area contributed by atoms with Crippen molar-refractivity contribution < 1.29 is 13.9 Å². The number of ether oxygens (including phenoxy) is 2. The molecule has 1 aliphatic carbocycles. The van der Waals surface area contributed by atoms with Gasteiger partial charge in [-0.05, 0) is 54.6 Å². The topological polar surface area (TPSA) is 71.5 Å². The van der Waals surface area contributed by atoms with E-state index in [1.807, 2.05) is 36.4 Å². The molecular weight excluding hydrogens is 565 g/mol. The van der Waals surface area contributed by atoms with Gasteiger partial charge in [0.15, 0.2) is 0 Å². The monoisotopic (exact) mass is 599 g/mol. The summed E-state index contributed by atoms with van der Waals surface area (Å²) in [7, 11) is 0. The number of hydrogen-bond donors (Lipinski definition) is 2. The second kappa shape index (κ2) is 12.3. The maximum absolute atomic E-state index is 16.3. The van der Waals surface area contributed by atoms with E-state index in [2.05, 4.69) is 27.5 Å². The number of aromatic nitrogens is 2. The lowest BCUT2D eigenvalue weighted by Gasteiger charge is -2.34. The highest BCUT2D eigenvalue weighted by Gasteiger charge is 2.35. The van der Waals surface area contributed by atoms with Crippen LogP contribution in [0.1, 0.15) is 42.1 Å². The van der Waals surface area contributed by atoms with E-state index in [-0.39, 0.29) is 12.1 Å². The average Bonchev–Trinajstić information content (AvgIpc) is 3.36. The van der Waals surface area contributed by atoms with Crippen molar-refractivity contribution in [3.05, 3.63) is 64.2 Å². The predicted octanol–water partition coefficient (Wildman–Crippen LogP) is 5.42. The van der Waals surface area contributed by atoms with Gasteiger partial charge in [0, 0.05) is 59.2 Å². The molecule has 7 nitrogen and oxygen atoms in total. The number of rotatable bonds is 8. The number of halogens is 2. The van der Waals surface area contributed by atoms with Crippen LogP contribution in [0.3, 0.4) is 0 Å². The van der Waals surface area contributed by atoms with Crippen molar-refractivity contribution in [1.29, 1.82) is 0 Å². The third kappa shape index (κ3) is 5.63. The SMILES string of the molecule is C#CCc1c2cccc1-c1c(Cl)cc3c(N4CC5CCC(C4)N5)nc(OCCCNC4C=CCOC4)nc3c1C(F)C=C2. The van der Waals surface area contributed by atoms with Crippen LogP contribution < -0.4 is 20.3 Å². The number of terminal acetylenes is 1. The molecular formula is C34H35ClFN5O2. The van der Waals surface area contributed by atoms with Crippen molar-refractivity contribution in [2.24, 2.45) is 0 Å². The maximum Gasteiger partial charge on any atom is 0.318 e. The van der Waals surface area contributed by atoms with Gasteiger partial charge in [0.1, 0.15) is 12.0 Å². The van der Waals surface area contributed by atoms with Crippen LogP contribution >= 0.6 is 11.6 Å². The fourth-order valence-corrected chi connectivity index (χ4v) is 7.12. The zero-order chi connectivity index (χ0) is 29.3. The van der Waals surface area contributed by atoms with Gasteiger partial charge >= 0.3 is 6.01 Å². The summed E-state index contributed by atoms with van der Waals surface area (Å²) in [5.41, 5.74) is 4.24. The first-order valence-electron chi connectivity index (χ1n) is 15.1. The molecule has 43 heavy (non-hydrogen) atoms. The van der Waals surface area contributed by atoms with Crippen molar-refractivity contribution in [3.8, 4) is 29.5 Å². The van der Waals surface area contributed by atoms with Gasteiger partial charge in [-0.3, -0.25) is 0 Å². The van der Waals surface area contributed by atoms with Crippen molar-refractivity contribution in [1.82, 2.24) is 20.6 Å². The van der Waals surface area contributed by atoms with E-state index in [0.717, 1.165) is 66.8 Å². The molecule has 0 radical (unpaired) electrons. The highest BCUT2D eigenvalue weighted by molar-refractivity contribution is 6.35. The van der Waals surface area contributed by atoms with Crippen LogP contribution in [-0.2, 0) is 11.2 Å². The van der Waals surface area contributed by atoms with E-state index in [4.69, 9.17) is 37.5 Å². The Morgan fingerprint density at radius 1 is 1.21 bits per heavy atom. The minimum absolute atomic E-state index is 0.206. The van der Waals surface area contributed by atoms with Crippen molar-refractivity contribution in [2.45, 2.75) is 50.0 Å². The molecule has 3 aliphatic heterocycles. The van der Waals surface area contributed by atoms with E-state index < -0.39 is 6.17 Å². The van der Waals surface area contributed by atoms with Crippen LogP contribution in [0.25, 0.3) is 28.1 Å². The number of benzene rings is 2. The summed E-state index contributed by atoms with van der Waals surface area (Å²) in [6.45, 7) is 4.13. The summed E-state index contributed by atoms with van der Waals surface area (Å²) in [6, 6.07) is 9.00. The zero-order valence-corrected chi connectivity index (χ0v) is 24.7. The molecule has 222 valence electrons. The van der Waals surface area contributed by atoms with Gasteiger partial charge in [-0.1, -0.05) is 48.0 Å². The number of piperazine rings is 1. The summed E-state index contributed by atoms with van der Waals surface area (Å²) < 4.78 is 28.0. The number of fused-ring (bicyclic) bond motifs is 8. The number of nitrogens with zero attached hydrogens (tertiary/aromatic N) is 3. The number of nitrogens with one attached hydrogen (secondary N) is 2. The molecule has 2 fully saturated rings. The quantitative estimate of drug-likeness (QED) is 0.204. The highest BCUT2D eigenvalue weighted by Crippen LogP contribution is 2.46. The van der Waals surface area contributed by atoms with Gasteiger partial charge in [-0.25, -0.2) is 4.39 Å². The van der Waals surface area contributed by atoms with Crippen molar-refractivity contribution >= 4 is 34.4 Å². The largest absolute Gasteiger partial charge is 0.463 e. The molecule has 9 heteroatoms. The molecule has 2 N–H and O–H groups in total. The molecule has 0 spiro atoms. The molecule has 3 aromatic rings. The Balaban J connectivity index is 1.30. The number of anilines is 1. The Bertz CT molecular complexity index is 1620. The van der Waals surface area contributed by atoms with Crippen LogP contribution in [0, 0.1) is 12.3 Å². The molecule has 0 saturated carbocycles. The summed E-state index contributed by atoms with van der Waals surface area (Å²) in [6.07, 6.45) is 15.3. The third-order valence-electron chi connectivity index (χ3n) is 8.78. The lowest BCUT2D eigenvalue weighted by atomic mass is 9.86. The predicted molar refractivity (Wildman–Crippen MR) is 169 cm³/mol. The van der Waals surface area contributed by atoms with Crippen LogP contribution in [0.15, 0.2) is 42.5 Å². The third-order valence-corrected chi connectivity index (χ3v) is 9.07. The smallest absolute Gasteiger partial charge is 0.318 e. The molecule has 0 amide bonds. The van der Waals surface area contributed by atoms with E-state index in [9.17, 15) is 0 Å². The number of hydrogen-bond acceptors (Lipinski definition) is 7. The fourth-order valence-electron chi connectivity index (χ4n) is 6.81. The second-order valence-corrected chi connectivity index (χ2v) is 12.1. The Hall–Kier alpha value is -3.48. The first-order chi connectivity index (χ1) is 21.1. The van der Waals surface area contributed by atoms with E-state index >= 15 is 4.39 Å². The van der Waals surface area contributed by atoms with Crippen LogP contribution in [0.4, 0.5) is 10.2 Å². The number of alkyl halides is 1. The maximum atomic E-state index is 16.3. The summed E-state index contributed by atoms with van der Waals surface area (Å²) in [5, 5.41) is 8.34. The van der Waals surface area contributed by atoms with Crippen LogP contribution in [0.2, 0.25) is 5.02 Å². The van der Waals surface area contributed by atoms with Gasteiger partial charge < -0.3 is 25.0 Å². The first kappa shape index (κ1) is 28.3. The van der Waals surface area contributed by atoms with Crippen molar-refractivity contribution in [3.63, 3.8) is 0 Å². The molecule has 4 atom stereocenters. The van der Waals surface area contributed by atoms with Gasteiger partial charge in [0.05, 0.1) is 25.3 Å². The lowest BCUT2D eigenvalue weighted by molar-refractivity contribution is 0.136. The van der Waals surface area contributed by atoms with Crippen LogP contribution in [0.5, 0.6) is 6.01 Å². The average molecular weight is 600 g/mol. The molecule has 2 saturated heterocycles. The molecule has 4 heterocycles. The molecule has 4 unspecified atom stereocenters. The molecule has 7 rings (SSSR count). The standard InChI is InChI=1S/C34H35ClFN5O2/c1-2-6-25-21-7-3-9-26(25)30-28(35)17-27-32(31(30)29(36)13-10-21)39-34(43-16-5-14-37-24-8-4-15-42-20-24)40-33(27)41-18-22-11-12-23(19-41)38-22/h1,3-4,7-10,13,17,22-24,29,37-38H,5-6,11-12,14-16,18-20H2. The minimum atomic E-state index is -1.43. The molecule has 2 aromatic carbocycles. The van der Waals surface area contributed by atoms with E-state index in [1.165, 1.54) is 0 Å². The van der Waals surface area contributed by atoms with Crippen LogP contribution in [-0.4, -0.2) is 67.5 Å². The Kier molecular flexibility index (Phi) is 8.07.